The van der Waals surface area contributed by atoms with Gasteiger partial charge in [0, 0.05) is 28.9 Å². The van der Waals surface area contributed by atoms with Crippen molar-refractivity contribution in [2.75, 3.05) is 16.0 Å². The number of amides is 3. The third-order valence-corrected chi connectivity index (χ3v) is 5.48. The van der Waals surface area contributed by atoms with Crippen molar-refractivity contribution in [1.29, 1.82) is 0 Å². The molecule has 3 amide bonds. The molecule has 3 rings (SSSR count). The predicted octanol–water partition coefficient (Wildman–Crippen LogP) is 7.35. The van der Waals surface area contributed by atoms with Gasteiger partial charge in [-0.05, 0) is 92.3 Å². The van der Waals surface area contributed by atoms with Crippen molar-refractivity contribution in [2.45, 2.75) is 86.0 Å². The number of ether oxygens (including phenoxy) is 3. The van der Waals surface area contributed by atoms with Crippen LogP contribution in [0.1, 0.15) is 67.9 Å². The van der Waals surface area contributed by atoms with Gasteiger partial charge in [0.15, 0.2) is 5.82 Å². The number of aromatic nitrogens is 2. The maximum atomic E-state index is 16.3. The van der Waals surface area contributed by atoms with Crippen molar-refractivity contribution in [3.05, 3.63) is 42.1 Å². The summed E-state index contributed by atoms with van der Waals surface area (Å²) in [5.74, 6) is -0.643. The van der Waals surface area contributed by atoms with Crippen LogP contribution in [-0.4, -0.2) is 45.1 Å². The Morgan fingerprint density at radius 3 is 1.90 bits per heavy atom. The third-order valence-electron chi connectivity index (χ3n) is 5.48. The van der Waals surface area contributed by atoms with Crippen molar-refractivity contribution < 1.29 is 33.0 Å². The summed E-state index contributed by atoms with van der Waals surface area (Å²) in [5, 5.41) is 3.23. The van der Waals surface area contributed by atoms with Crippen molar-refractivity contribution in [1.82, 2.24) is 9.97 Å². The second-order valence-electron chi connectivity index (χ2n) is 12.7. The minimum atomic E-state index is -0.996. The summed E-state index contributed by atoms with van der Waals surface area (Å²) in [6.07, 6.45) is 1.15. The van der Waals surface area contributed by atoms with Crippen LogP contribution in [0.25, 0.3) is 21.9 Å². The maximum absolute atomic E-state index is 16.3. The van der Waals surface area contributed by atoms with Gasteiger partial charge in [-0.25, -0.2) is 23.8 Å². The fourth-order valence-corrected chi connectivity index (χ4v) is 3.91. The molecule has 0 unspecified atom stereocenters. The lowest BCUT2D eigenvalue weighted by Gasteiger charge is -2.29. The zero-order valence-electron chi connectivity index (χ0n) is 25.6. The minimum Gasteiger partial charge on any atom is -0.444 e. The molecular weight excluding hydrogens is 545 g/mol. The Bertz CT molecular complexity index is 1510. The van der Waals surface area contributed by atoms with Crippen molar-refractivity contribution in [2.24, 2.45) is 0 Å². The molecule has 0 aliphatic carbocycles. The molecule has 1 aromatic carbocycles. The maximum Gasteiger partial charge on any atom is 0.424 e. The smallest absolute Gasteiger partial charge is 0.424 e. The first-order valence-corrected chi connectivity index (χ1v) is 13.3. The molecule has 0 saturated heterocycles. The number of nitrogens with one attached hydrogen (secondary N) is 1. The van der Waals surface area contributed by atoms with E-state index >= 15 is 4.39 Å². The third kappa shape index (κ3) is 7.83. The second kappa shape index (κ2) is 11.4. The summed E-state index contributed by atoms with van der Waals surface area (Å²) in [5.41, 5.74) is 3.59. The molecule has 0 saturated carbocycles. The number of nitrogens with two attached hydrogens (primary N) is 1. The number of rotatable bonds is 3. The fraction of sp³-hybridized carbons (Fsp3) is 0.433. The van der Waals surface area contributed by atoms with Crippen LogP contribution in [0, 0.1) is 12.7 Å². The molecule has 0 aliphatic heterocycles. The van der Waals surface area contributed by atoms with Crippen LogP contribution in [0.2, 0.25) is 0 Å². The predicted molar refractivity (Wildman–Crippen MR) is 159 cm³/mol. The molecule has 0 atom stereocenters. The van der Waals surface area contributed by atoms with E-state index in [1.807, 2.05) is 0 Å². The highest BCUT2D eigenvalue weighted by Crippen LogP contribution is 2.39. The van der Waals surface area contributed by atoms with Gasteiger partial charge in [0.1, 0.15) is 22.6 Å². The Balaban J connectivity index is 2.25. The van der Waals surface area contributed by atoms with Gasteiger partial charge in [-0.3, -0.25) is 10.3 Å². The van der Waals surface area contributed by atoms with Gasteiger partial charge in [-0.15, -0.1) is 0 Å². The lowest BCUT2D eigenvalue weighted by atomic mass is 9.97. The highest BCUT2D eigenvalue weighted by molar-refractivity contribution is 6.11. The van der Waals surface area contributed by atoms with E-state index in [1.54, 1.807) is 69.2 Å². The number of anilines is 3. The monoisotopic (exact) mass is 583 g/mol. The molecule has 11 nitrogen and oxygen atoms in total. The average molecular weight is 584 g/mol. The van der Waals surface area contributed by atoms with Crippen molar-refractivity contribution in [3.63, 3.8) is 0 Å². The van der Waals surface area contributed by atoms with Crippen molar-refractivity contribution in [3.8, 4) is 11.1 Å². The Morgan fingerprint density at radius 2 is 1.38 bits per heavy atom. The van der Waals surface area contributed by atoms with E-state index in [-0.39, 0.29) is 33.7 Å². The van der Waals surface area contributed by atoms with E-state index in [2.05, 4.69) is 15.3 Å². The molecule has 0 fully saturated rings. The first kappa shape index (κ1) is 32.0. The first-order valence-electron chi connectivity index (χ1n) is 13.3. The second-order valence-corrected chi connectivity index (χ2v) is 12.7. The lowest BCUT2D eigenvalue weighted by Crippen LogP contribution is -2.44. The molecular formula is C30H38FN5O6. The Kier molecular flexibility index (Phi) is 8.71. The van der Waals surface area contributed by atoms with Crippen LogP contribution in [0.15, 0.2) is 30.7 Å². The van der Waals surface area contributed by atoms with Crippen LogP contribution < -0.4 is 16.0 Å². The molecule has 2 heterocycles. The van der Waals surface area contributed by atoms with Gasteiger partial charge in [0.05, 0.1) is 17.6 Å². The quantitative estimate of drug-likeness (QED) is 0.302. The molecule has 0 aliphatic rings. The van der Waals surface area contributed by atoms with E-state index in [1.165, 1.54) is 30.7 Å². The SMILES string of the molecule is Cc1c(-c2cc3cc(N)ncc3c(NC(=O)OC(C)(C)C)c2F)cncc1N(C(=O)OC(C)(C)C)C(=O)OC(C)(C)C. The van der Waals surface area contributed by atoms with Gasteiger partial charge in [-0.1, -0.05) is 0 Å². The summed E-state index contributed by atoms with van der Waals surface area (Å²) in [6, 6.07) is 3.04. The van der Waals surface area contributed by atoms with Gasteiger partial charge in [-0.2, -0.15) is 4.90 Å². The number of hydrogen-bond donors (Lipinski definition) is 2. The van der Waals surface area contributed by atoms with Crippen LogP contribution in [0.5, 0.6) is 0 Å². The number of benzene rings is 1. The van der Waals surface area contributed by atoms with Gasteiger partial charge in [0.25, 0.3) is 0 Å². The largest absolute Gasteiger partial charge is 0.444 e. The number of nitrogen functional groups attached to an aromatic ring is 1. The number of nitrogens with zero attached hydrogens (tertiary/aromatic N) is 3. The Labute approximate surface area is 244 Å². The number of carbonyl (C=O) groups excluding carboxylic acids is 3. The van der Waals surface area contributed by atoms with E-state index in [0.29, 0.717) is 10.9 Å². The van der Waals surface area contributed by atoms with Crippen LogP contribution >= 0.6 is 0 Å². The standard InChI is InChI=1S/C30H38FN5O6/c1-16-19(13-33-15-21(16)36(26(38)41-29(5,6)7)27(39)42-30(8,9)10)18-11-17-12-22(32)34-14-20(17)24(23(18)31)35-25(37)40-28(2,3)4/h11-15H,1-10H3,(H2,32,34)(H,35,37). The Morgan fingerprint density at radius 1 is 0.833 bits per heavy atom. The summed E-state index contributed by atoms with van der Waals surface area (Å²) in [4.78, 5) is 48.2. The molecule has 2 aromatic heterocycles. The zero-order valence-corrected chi connectivity index (χ0v) is 25.6. The van der Waals surface area contributed by atoms with Crippen molar-refractivity contribution >= 4 is 46.2 Å². The van der Waals surface area contributed by atoms with Crippen LogP contribution in [-0.2, 0) is 14.2 Å². The molecule has 42 heavy (non-hydrogen) atoms. The minimum absolute atomic E-state index is 0.0133. The number of pyridine rings is 2. The average Bonchev–Trinajstić information content (AvgIpc) is 2.78. The highest BCUT2D eigenvalue weighted by Gasteiger charge is 2.34. The summed E-state index contributed by atoms with van der Waals surface area (Å²) < 4.78 is 32.6. The topological polar surface area (TPSA) is 146 Å². The first-order chi connectivity index (χ1) is 19.2. The molecule has 226 valence electrons. The Hall–Kier alpha value is -4.48. The van der Waals surface area contributed by atoms with E-state index < -0.39 is 40.9 Å². The molecule has 12 heteroatoms. The number of halogens is 1. The number of imide groups is 1. The van der Waals surface area contributed by atoms with Gasteiger partial charge < -0.3 is 19.9 Å². The normalized spacial score (nSPS) is 12.1. The molecule has 3 aromatic rings. The molecule has 3 N–H and O–H groups in total. The number of fused-ring (bicyclic) bond motifs is 1. The van der Waals surface area contributed by atoms with Gasteiger partial charge >= 0.3 is 18.3 Å². The zero-order chi connectivity index (χ0) is 31.8. The molecule has 0 radical (unpaired) electrons. The fourth-order valence-electron chi connectivity index (χ4n) is 3.91. The number of hydrogen-bond acceptors (Lipinski definition) is 9. The summed E-state index contributed by atoms with van der Waals surface area (Å²) >= 11 is 0. The van der Waals surface area contributed by atoms with E-state index in [9.17, 15) is 14.4 Å². The highest BCUT2D eigenvalue weighted by atomic mass is 19.1. The van der Waals surface area contributed by atoms with Crippen LogP contribution in [0.4, 0.5) is 36.0 Å². The summed E-state index contributed by atoms with van der Waals surface area (Å²) in [6.45, 7) is 16.6. The van der Waals surface area contributed by atoms with Crippen LogP contribution in [0.3, 0.4) is 0 Å². The lowest BCUT2D eigenvalue weighted by molar-refractivity contribution is 0.0429. The van der Waals surface area contributed by atoms with E-state index in [4.69, 9.17) is 19.9 Å². The van der Waals surface area contributed by atoms with Gasteiger partial charge in [0.2, 0.25) is 0 Å². The summed E-state index contributed by atoms with van der Waals surface area (Å²) in [7, 11) is 0. The molecule has 0 bridgehead atoms. The molecule has 0 spiro atoms. The van der Waals surface area contributed by atoms with E-state index in [0.717, 1.165) is 4.90 Å². The number of carbonyl (C=O) groups is 3.